The maximum atomic E-state index is 13.1. The molecule has 0 spiro atoms. The number of fused-ring (bicyclic) bond motifs is 1. The number of carbonyl (C=O) groups excluding carboxylic acids is 1. The molecule has 4 aromatic rings. The molecule has 12 heteroatoms. The Hall–Kier alpha value is -4.76. The van der Waals surface area contributed by atoms with E-state index in [0.717, 1.165) is 47.7 Å². The van der Waals surface area contributed by atoms with Gasteiger partial charge in [-0.2, -0.15) is 5.26 Å². The minimum atomic E-state index is -3.81. The highest BCUT2D eigenvalue weighted by atomic mass is 32.2. The standard InChI is InChI=1S/C34H38N6O5S/c1-21-16-29-23(19-36-32(40-29)38-24-10-12-25(13-11-24)39-33(41)45-34(2,3)4)17-28(21)27-15-14-26(37-31(27)44-5)20-46(42,43)30-9-7-6-8-22(30)18-35/h6-9,14-17,19,24-25H,10-13,20H2,1-5H3,(H,39,41)(H,36,38,40). The van der Waals surface area contributed by atoms with Gasteiger partial charge in [0.05, 0.1) is 34.5 Å². The number of carbonyl (C=O) groups is 1. The first-order valence-corrected chi connectivity index (χ1v) is 16.8. The van der Waals surface area contributed by atoms with Crippen LogP contribution < -0.4 is 15.4 Å². The summed E-state index contributed by atoms with van der Waals surface area (Å²) in [5.74, 6) is 0.468. The van der Waals surface area contributed by atoms with Gasteiger partial charge in [-0.1, -0.05) is 12.1 Å². The molecule has 0 bridgehead atoms. The molecular weight excluding hydrogens is 604 g/mol. The van der Waals surface area contributed by atoms with E-state index in [2.05, 4.69) is 20.6 Å². The molecule has 1 amide bonds. The van der Waals surface area contributed by atoms with Crippen LogP contribution in [0.4, 0.5) is 10.7 Å². The number of hydrogen-bond acceptors (Lipinski definition) is 10. The summed E-state index contributed by atoms with van der Waals surface area (Å²) >= 11 is 0. The molecule has 0 aliphatic heterocycles. The van der Waals surface area contributed by atoms with Gasteiger partial charge in [0, 0.05) is 29.2 Å². The lowest BCUT2D eigenvalue weighted by molar-refractivity contribution is 0.0492. The largest absolute Gasteiger partial charge is 0.481 e. The number of alkyl carbamates (subject to hydrolysis) is 1. The van der Waals surface area contributed by atoms with E-state index in [9.17, 15) is 18.5 Å². The molecule has 2 aromatic heterocycles. The van der Waals surface area contributed by atoms with Gasteiger partial charge in [-0.05, 0) is 101 Å². The molecule has 11 nitrogen and oxygen atoms in total. The summed E-state index contributed by atoms with van der Waals surface area (Å²) in [6.45, 7) is 7.52. The molecule has 1 aliphatic rings. The predicted octanol–water partition coefficient (Wildman–Crippen LogP) is 6.10. The van der Waals surface area contributed by atoms with Gasteiger partial charge in [0.15, 0.2) is 9.84 Å². The summed E-state index contributed by atoms with van der Waals surface area (Å²) in [4.78, 5) is 25.9. The Morgan fingerprint density at radius 1 is 1.02 bits per heavy atom. The molecule has 1 fully saturated rings. The van der Waals surface area contributed by atoms with Crippen molar-refractivity contribution in [1.82, 2.24) is 20.3 Å². The van der Waals surface area contributed by atoms with Gasteiger partial charge in [-0.15, -0.1) is 0 Å². The molecule has 1 aliphatic carbocycles. The van der Waals surface area contributed by atoms with Crippen LogP contribution in [0, 0.1) is 18.3 Å². The SMILES string of the molecule is COc1nc(CS(=O)(=O)c2ccccc2C#N)ccc1-c1cc2cnc(NC3CCC(NC(=O)OC(C)(C)C)CC3)nc2cc1C. The Kier molecular flexibility index (Phi) is 9.44. The summed E-state index contributed by atoms with van der Waals surface area (Å²) in [6, 6.07) is 15.8. The smallest absolute Gasteiger partial charge is 0.407 e. The van der Waals surface area contributed by atoms with Crippen molar-refractivity contribution in [3.05, 3.63) is 71.5 Å². The first-order valence-electron chi connectivity index (χ1n) is 15.1. The molecule has 0 atom stereocenters. The second-order valence-corrected chi connectivity index (χ2v) is 14.4. The number of nitriles is 1. The van der Waals surface area contributed by atoms with Crippen molar-refractivity contribution in [3.63, 3.8) is 0 Å². The van der Waals surface area contributed by atoms with E-state index in [4.69, 9.17) is 14.5 Å². The van der Waals surface area contributed by atoms with E-state index >= 15 is 0 Å². The molecule has 2 heterocycles. The van der Waals surface area contributed by atoms with E-state index in [-0.39, 0.29) is 34.4 Å². The van der Waals surface area contributed by atoms with E-state index in [1.165, 1.54) is 19.2 Å². The monoisotopic (exact) mass is 642 g/mol. The molecular formula is C34H38N6O5S. The first-order chi connectivity index (χ1) is 21.8. The third-order valence-electron chi connectivity index (χ3n) is 7.79. The van der Waals surface area contributed by atoms with Crippen LogP contribution in [-0.4, -0.2) is 54.3 Å². The Morgan fingerprint density at radius 2 is 1.74 bits per heavy atom. The van der Waals surface area contributed by atoms with E-state index in [1.54, 1.807) is 30.5 Å². The zero-order valence-corrected chi connectivity index (χ0v) is 27.4. The Labute approximate surface area is 269 Å². The van der Waals surface area contributed by atoms with Gasteiger partial charge in [0.25, 0.3) is 0 Å². The second kappa shape index (κ2) is 13.3. The highest BCUT2D eigenvalue weighted by Gasteiger charge is 2.26. The molecule has 2 aromatic carbocycles. The van der Waals surface area contributed by atoms with E-state index in [1.807, 2.05) is 45.9 Å². The number of rotatable bonds is 8. The number of nitrogens with zero attached hydrogens (tertiary/aromatic N) is 4. The summed E-state index contributed by atoms with van der Waals surface area (Å²) in [7, 11) is -2.32. The number of nitrogens with one attached hydrogen (secondary N) is 2. The van der Waals surface area contributed by atoms with Crippen molar-refractivity contribution in [3.8, 4) is 23.1 Å². The van der Waals surface area contributed by atoms with Crippen molar-refractivity contribution >= 4 is 32.8 Å². The molecule has 0 unspecified atom stereocenters. The van der Waals surface area contributed by atoms with Crippen LogP contribution in [0.2, 0.25) is 0 Å². The fourth-order valence-electron chi connectivity index (χ4n) is 5.60. The van der Waals surface area contributed by atoms with Crippen molar-refractivity contribution < 1.29 is 22.7 Å². The minimum Gasteiger partial charge on any atom is -0.481 e. The van der Waals surface area contributed by atoms with Crippen LogP contribution >= 0.6 is 0 Å². The van der Waals surface area contributed by atoms with Crippen LogP contribution in [0.3, 0.4) is 0 Å². The fourth-order valence-corrected chi connectivity index (χ4v) is 7.04. The maximum Gasteiger partial charge on any atom is 0.407 e. The topological polar surface area (TPSA) is 156 Å². The molecule has 46 heavy (non-hydrogen) atoms. The average Bonchev–Trinajstić information content (AvgIpc) is 3.00. The lowest BCUT2D eigenvalue weighted by Gasteiger charge is -2.30. The third-order valence-corrected chi connectivity index (χ3v) is 9.49. The minimum absolute atomic E-state index is 0.0236. The molecule has 0 saturated heterocycles. The first kappa shape index (κ1) is 32.6. The Bertz CT molecular complexity index is 1910. The molecule has 240 valence electrons. The Balaban J connectivity index is 1.29. The summed E-state index contributed by atoms with van der Waals surface area (Å²) in [5.41, 5.74) is 3.17. The van der Waals surface area contributed by atoms with Crippen molar-refractivity contribution in [2.45, 2.75) is 81.7 Å². The quantitative estimate of drug-likeness (QED) is 0.230. The lowest BCUT2D eigenvalue weighted by atomic mass is 9.91. The number of ether oxygens (including phenoxy) is 2. The van der Waals surface area contributed by atoms with Gasteiger partial charge in [0.1, 0.15) is 11.7 Å². The van der Waals surface area contributed by atoms with Crippen LogP contribution in [-0.2, 0) is 20.3 Å². The number of aryl methyl sites for hydroxylation is 1. The lowest BCUT2D eigenvalue weighted by Crippen LogP contribution is -2.42. The number of benzene rings is 2. The average molecular weight is 643 g/mol. The molecule has 2 N–H and O–H groups in total. The van der Waals surface area contributed by atoms with Gasteiger partial charge in [0.2, 0.25) is 11.8 Å². The normalized spacial score (nSPS) is 16.8. The summed E-state index contributed by atoms with van der Waals surface area (Å²) in [5, 5.41) is 16.6. The van der Waals surface area contributed by atoms with Gasteiger partial charge < -0.3 is 20.1 Å². The van der Waals surface area contributed by atoms with Crippen LogP contribution in [0.1, 0.15) is 63.3 Å². The number of methoxy groups -OCH3 is 1. The van der Waals surface area contributed by atoms with Crippen molar-refractivity contribution in [2.24, 2.45) is 0 Å². The van der Waals surface area contributed by atoms with Crippen LogP contribution in [0.25, 0.3) is 22.0 Å². The maximum absolute atomic E-state index is 13.1. The Morgan fingerprint density at radius 3 is 2.43 bits per heavy atom. The van der Waals surface area contributed by atoms with Crippen molar-refractivity contribution in [2.75, 3.05) is 12.4 Å². The van der Waals surface area contributed by atoms with E-state index < -0.39 is 15.4 Å². The van der Waals surface area contributed by atoms with Crippen molar-refractivity contribution in [1.29, 1.82) is 5.26 Å². The second-order valence-electron chi connectivity index (χ2n) is 12.5. The number of aromatic nitrogens is 3. The number of hydrogen-bond donors (Lipinski definition) is 2. The number of anilines is 1. The molecule has 1 saturated carbocycles. The third kappa shape index (κ3) is 7.72. The van der Waals surface area contributed by atoms with E-state index in [0.29, 0.717) is 23.1 Å². The van der Waals surface area contributed by atoms with Gasteiger partial charge in [-0.3, -0.25) is 0 Å². The van der Waals surface area contributed by atoms with Crippen LogP contribution in [0.5, 0.6) is 5.88 Å². The number of sulfone groups is 1. The van der Waals surface area contributed by atoms with Crippen LogP contribution in [0.15, 0.2) is 59.6 Å². The number of amides is 1. The highest BCUT2D eigenvalue weighted by Crippen LogP contribution is 2.34. The highest BCUT2D eigenvalue weighted by molar-refractivity contribution is 7.90. The fraction of sp³-hybridized carbons (Fsp3) is 0.382. The molecule has 0 radical (unpaired) electrons. The van der Waals surface area contributed by atoms with Gasteiger partial charge >= 0.3 is 6.09 Å². The summed E-state index contributed by atoms with van der Waals surface area (Å²) in [6.07, 6.45) is 4.80. The zero-order valence-electron chi connectivity index (χ0n) is 26.6. The molecule has 5 rings (SSSR count). The predicted molar refractivity (Wildman–Crippen MR) is 175 cm³/mol. The number of pyridine rings is 1. The summed E-state index contributed by atoms with van der Waals surface area (Å²) < 4.78 is 37.2. The van der Waals surface area contributed by atoms with Gasteiger partial charge in [-0.25, -0.2) is 28.2 Å². The zero-order chi connectivity index (χ0) is 33.1.